The Morgan fingerprint density at radius 3 is 2.67 bits per heavy atom. The number of nitrogens with two attached hydrogens (primary N) is 2. The maximum Gasteiger partial charge on any atom is 0.417 e. The van der Waals surface area contributed by atoms with E-state index in [0.717, 1.165) is 32.4 Å². The molecule has 6 heterocycles. The Morgan fingerprint density at radius 2 is 1.90 bits per heavy atom. The fourth-order valence-electron chi connectivity index (χ4n) is 7.03. The van der Waals surface area contributed by atoms with Gasteiger partial charge >= 0.3 is 12.2 Å². The number of anilines is 3. The second-order valence-corrected chi connectivity index (χ2v) is 12.2. The number of alkyl halides is 3. The summed E-state index contributed by atoms with van der Waals surface area (Å²) in [4.78, 5) is 21.5. The van der Waals surface area contributed by atoms with Crippen molar-refractivity contribution in [2.45, 2.75) is 51.0 Å². The van der Waals surface area contributed by atoms with Crippen molar-refractivity contribution in [3.05, 3.63) is 52.7 Å². The average molecular weight is 673 g/mol. The number of halogens is 5. The van der Waals surface area contributed by atoms with Crippen LogP contribution in [0.4, 0.5) is 39.3 Å². The van der Waals surface area contributed by atoms with Crippen LogP contribution in [0.15, 0.2) is 24.4 Å². The summed E-state index contributed by atoms with van der Waals surface area (Å²) in [6.45, 7) is 5.25. The summed E-state index contributed by atoms with van der Waals surface area (Å²) in [6.07, 6.45) is -1.75. The molecule has 4 N–H and O–H groups in total. The van der Waals surface area contributed by atoms with Gasteiger partial charge in [0.1, 0.15) is 41.4 Å². The molecule has 11 nitrogen and oxygen atoms in total. The first-order valence-electron chi connectivity index (χ1n) is 15.6. The number of aromatic nitrogens is 4. The van der Waals surface area contributed by atoms with Gasteiger partial charge in [0, 0.05) is 30.4 Å². The van der Waals surface area contributed by atoms with Crippen LogP contribution >= 0.6 is 0 Å². The molecular formula is C32H33F5N8O3. The zero-order valence-corrected chi connectivity index (χ0v) is 26.2. The SMILES string of the molecule is Cc1cc(N)c(F)c(-c2nc3c4c(nc(OC[C@@H]5CC[C@H]6COCCN65)nc4c2F)N([C@H](C)c2cccnc2N)CCO3)c1C(F)(F)F. The third-order valence-electron chi connectivity index (χ3n) is 9.33. The van der Waals surface area contributed by atoms with Crippen molar-refractivity contribution in [3.8, 4) is 23.1 Å². The standard InChI is InChI=1S/C32H33F5N8O3/c1-15-12-20(38)24(33)21(23(15)32(35,36)37)26-25(34)27-22-29(43-31(42-27)48-14-18-6-5-17-13-46-10-8-45(17)18)44(9-11-47-30(22)41-26)16(2)19-4-3-7-40-28(19)39/h3-4,7,12,16-18H,5-6,8-11,13-14,38H2,1-2H3,(H2,39,40)/t16-,17+,18+/m1/s1. The van der Waals surface area contributed by atoms with Gasteiger partial charge in [-0.1, -0.05) is 6.07 Å². The Hall–Kier alpha value is -4.57. The molecule has 3 aromatic heterocycles. The number of hydrogen-bond acceptors (Lipinski definition) is 11. The molecule has 3 aliphatic rings. The van der Waals surface area contributed by atoms with Crippen molar-refractivity contribution in [1.29, 1.82) is 0 Å². The Balaban J connectivity index is 1.41. The zero-order chi connectivity index (χ0) is 33.9. The van der Waals surface area contributed by atoms with E-state index in [2.05, 4.69) is 24.8 Å². The molecule has 2 fully saturated rings. The van der Waals surface area contributed by atoms with Gasteiger partial charge in [0.15, 0.2) is 11.6 Å². The highest BCUT2D eigenvalue weighted by Gasteiger charge is 2.41. The van der Waals surface area contributed by atoms with Crippen LogP contribution in [0.25, 0.3) is 22.2 Å². The molecule has 0 radical (unpaired) electrons. The van der Waals surface area contributed by atoms with E-state index in [4.69, 9.17) is 25.7 Å². The predicted molar refractivity (Wildman–Crippen MR) is 167 cm³/mol. The molecule has 48 heavy (non-hydrogen) atoms. The molecule has 0 saturated carbocycles. The van der Waals surface area contributed by atoms with Crippen LogP contribution in [-0.4, -0.2) is 76.4 Å². The Labute approximate surface area is 272 Å². The van der Waals surface area contributed by atoms with Crippen LogP contribution in [0.5, 0.6) is 11.9 Å². The van der Waals surface area contributed by atoms with Gasteiger partial charge in [-0.25, -0.2) is 18.7 Å². The summed E-state index contributed by atoms with van der Waals surface area (Å²) in [5.41, 5.74) is 7.68. The quantitative estimate of drug-likeness (QED) is 0.210. The molecule has 0 unspecified atom stereocenters. The van der Waals surface area contributed by atoms with E-state index in [-0.39, 0.29) is 60.8 Å². The highest BCUT2D eigenvalue weighted by Crippen LogP contribution is 2.46. The van der Waals surface area contributed by atoms with Crippen molar-refractivity contribution in [3.63, 3.8) is 0 Å². The molecule has 0 amide bonds. The molecule has 7 rings (SSSR count). The second kappa shape index (κ2) is 12.1. The maximum atomic E-state index is 16.8. The second-order valence-electron chi connectivity index (χ2n) is 12.2. The van der Waals surface area contributed by atoms with Crippen molar-refractivity contribution < 1.29 is 36.2 Å². The number of pyridine rings is 2. The lowest BCUT2D eigenvalue weighted by molar-refractivity contribution is -0.137. The van der Waals surface area contributed by atoms with E-state index >= 15 is 8.78 Å². The monoisotopic (exact) mass is 672 g/mol. The summed E-state index contributed by atoms with van der Waals surface area (Å²) in [6, 6.07) is 3.97. The minimum atomic E-state index is -5.06. The number of benzene rings is 1. The number of fused-ring (bicyclic) bond motifs is 1. The van der Waals surface area contributed by atoms with E-state index in [0.29, 0.717) is 18.8 Å². The van der Waals surface area contributed by atoms with Crippen LogP contribution in [0.1, 0.15) is 42.5 Å². The van der Waals surface area contributed by atoms with E-state index < -0.39 is 57.4 Å². The predicted octanol–water partition coefficient (Wildman–Crippen LogP) is 5.06. The molecule has 2 saturated heterocycles. The number of hydrogen-bond donors (Lipinski definition) is 2. The lowest BCUT2D eigenvalue weighted by atomic mass is 9.96. The number of nitrogens with zero attached hydrogens (tertiary/aromatic N) is 6. The lowest BCUT2D eigenvalue weighted by Crippen LogP contribution is -2.46. The first-order chi connectivity index (χ1) is 22.9. The Kier molecular flexibility index (Phi) is 8.10. The Morgan fingerprint density at radius 1 is 1.08 bits per heavy atom. The zero-order valence-electron chi connectivity index (χ0n) is 26.2. The molecule has 3 aliphatic heterocycles. The van der Waals surface area contributed by atoms with Crippen LogP contribution in [-0.2, 0) is 10.9 Å². The van der Waals surface area contributed by atoms with Gasteiger partial charge in [0.25, 0.3) is 0 Å². The maximum absolute atomic E-state index is 16.8. The summed E-state index contributed by atoms with van der Waals surface area (Å²) < 4.78 is 93.1. The third-order valence-corrected chi connectivity index (χ3v) is 9.33. The van der Waals surface area contributed by atoms with Gasteiger partial charge in [-0.15, -0.1) is 0 Å². The third kappa shape index (κ3) is 5.45. The fraction of sp³-hybridized carbons (Fsp3) is 0.438. The van der Waals surface area contributed by atoms with Crippen molar-refractivity contribution in [1.82, 2.24) is 24.8 Å². The molecule has 3 atom stereocenters. The van der Waals surface area contributed by atoms with Crippen molar-refractivity contribution in [2.75, 3.05) is 55.9 Å². The van der Waals surface area contributed by atoms with Gasteiger partial charge in [-0.2, -0.15) is 23.1 Å². The van der Waals surface area contributed by atoms with Crippen molar-refractivity contribution in [2.24, 2.45) is 0 Å². The number of rotatable bonds is 6. The first kappa shape index (κ1) is 32.0. The van der Waals surface area contributed by atoms with Gasteiger partial charge in [0.2, 0.25) is 5.88 Å². The molecule has 16 heteroatoms. The van der Waals surface area contributed by atoms with Gasteiger partial charge in [-0.05, 0) is 44.4 Å². The summed E-state index contributed by atoms with van der Waals surface area (Å²) in [5, 5.41) is -0.0147. The highest BCUT2D eigenvalue weighted by atomic mass is 19.4. The largest absolute Gasteiger partial charge is 0.475 e. The van der Waals surface area contributed by atoms with Gasteiger partial charge < -0.3 is 30.6 Å². The van der Waals surface area contributed by atoms with Crippen molar-refractivity contribution >= 4 is 28.2 Å². The topological polar surface area (TPSA) is 138 Å². The minimum absolute atomic E-state index is 0.0147. The van der Waals surface area contributed by atoms with E-state index in [1.54, 1.807) is 23.2 Å². The number of morpholine rings is 1. The number of aryl methyl sites for hydroxylation is 1. The van der Waals surface area contributed by atoms with Gasteiger partial charge in [-0.3, -0.25) is 4.90 Å². The fourth-order valence-corrected chi connectivity index (χ4v) is 7.03. The Bertz CT molecular complexity index is 1890. The summed E-state index contributed by atoms with van der Waals surface area (Å²) in [5.74, 6) is -2.62. The first-order valence-corrected chi connectivity index (χ1v) is 15.6. The lowest BCUT2D eigenvalue weighted by Gasteiger charge is -2.33. The number of nitrogen functional groups attached to an aromatic ring is 2. The molecule has 0 aliphatic carbocycles. The molecule has 0 spiro atoms. The molecule has 1 aromatic carbocycles. The van der Waals surface area contributed by atoms with E-state index in [1.807, 2.05) is 6.92 Å². The molecule has 4 aromatic rings. The van der Waals surface area contributed by atoms with Crippen LogP contribution < -0.4 is 25.8 Å². The minimum Gasteiger partial charge on any atom is -0.475 e. The van der Waals surface area contributed by atoms with E-state index in [1.165, 1.54) is 0 Å². The molecular weight excluding hydrogens is 639 g/mol. The molecule has 254 valence electrons. The van der Waals surface area contributed by atoms with Crippen LogP contribution in [0.3, 0.4) is 0 Å². The van der Waals surface area contributed by atoms with Gasteiger partial charge in [0.05, 0.1) is 42.6 Å². The van der Waals surface area contributed by atoms with Crippen LogP contribution in [0.2, 0.25) is 0 Å². The summed E-state index contributed by atoms with van der Waals surface area (Å²) in [7, 11) is 0. The normalized spacial score (nSPS) is 20.4. The van der Waals surface area contributed by atoms with Crippen LogP contribution in [0, 0.1) is 18.6 Å². The van der Waals surface area contributed by atoms with E-state index in [9.17, 15) is 13.2 Å². The highest BCUT2D eigenvalue weighted by molar-refractivity contribution is 5.97. The molecule has 0 bridgehead atoms. The average Bonchev–Trinajstić information content (AvgIpc) is 3.37. The summed E-state index contributed by atoms with van der Waals surface area (Å²) >= 11 is 0. The smallest absolute Gasteiger partial charge is 0.417 e. The number of ether oxygens (including phenoxy) is 3.